The molecule has 2 saturated heterocycles. The number of hydrogen-bond donors (Lipinski definition) is 1. The summed E-state index contributed by atoms with van der Waals surface area (Å²) in [6.07, 6.45) is 5.48. The van der Waals surface area contributed by atoms with E-state index in [0.29, 0.717) is 6.04 Å². The molecule has 0 spiro atoms. The number of hydrogen-bond acceptors (Lipinski definition) is 4. The van der Waals surface area contributed by atoms with Gasteiger partial charge in [0.15, 0.2) is 0 Å². The molecule has 1 aromatic heterocycles. The number of rotatable bonds is 3. The zero-order valence-electron chi connectivity index (χ0n) is 12.1. The summed E-state index contributed by atoms with van der Waals surface area (Å²) < 4.78 is 0. The largest absolute Gasteiger partial charge is 0.314 e. The van der Waals surface area contributed by atoms with Crippen LogP contribution in [0.4, 0.5) is 0 Å². The van der Waals surface area contributed by atoms with Crippen molar-refractivity contribution in [2.24, 2.45) is 5.92 Å². The maximum atomic E-state index is 4.67. The van der Waals surface area contributed by atoms with Crippen molar-refractivity contribution in [2.75, 3.05) is 19.6 Å². The van der Waals surface area contributed by atoms with Crippen molar-refractivity contribution in [1.82, 2.24) is 15.2 Å². The van der Waals surface area contributed by atoms with Gasteiger partial charge in [-0.2, -0.15) is 0 Å². The second-order valence-electron chi connectivity index (χ2n) is 6.07. The zero-order valence-corrected chi connectivity index (χ0v) is 12.9. The molecule has 3 unspecified atom stereocenters. The molecular weight excluding hydrogens is 254 g/mol. The van der Waals surface area contributed by atoms with Gasteiger partial charge in [0.1, 0.15) is 0 Å². The van der Waals surface area contributed by atoms with E-state index in [0.717, 1.165) is 12.0 Å². The maximum absolute atomic E-state index is 4.67. The molecule has 3 nitrogen and oxygen atoms in total. The molecular formula is C15H25N3S. The van der Waals surface area contributed by atoms with E-state index in [1.807, 2.05) is 0 Å². The molecule has 106 valence electrons. The quantitative estimate of drug-likeness (QED) is 0.922. The molecule has 4 heteroatoms. The van der Waals surface area contributed by atoms with E-state index in [1.165, 1.54) is 56.0 Å². The third-order valence-corrected chi connectivity index (χ3v) is 5.56. The smallest absolute Gasteiger partial charge is 0.0898 e. The van der Waals surface area contributed by atoms with E-state index in [9.17, 15) is 0 Å². The molecule has 0 bridgehead atoms. The Bertz CT molecular complexity index is 411. The van der Waals surface area contributed by atoms with Gasteiger partial charge in [-0.1, -0.05) is 0 Å². The molecule has 3 heterocycles. The molecule has 1 N–H and O–H groups in total. The first kappa shape index (κ1) is 13.5. The highest BCUT2D eigenvalue weighted by molar-refractivity contribution is 7.09. The molecule has 3 atom stereocenters. The normalized spacial score (nSPS) is 30.6. The highest BCUT2D eigenvalue weighted by Crippen LogP contribution is 2.30. The first-order chi connectivity index (χ1) is 9.24. The molecule has 0 radical (unpaired) electrons. The van der Waals surface area contributed by atoms with E-state index >= 15 is 0 Å². The van der Waals surface area contributed by atoms with Gasteiger partial charge in [0.25, 0.3) is 0 Å². The van der Waals surface area contributed by atoms with Crippen LogP contribution in [0.15, 0.2) is 5.38 Å². The highest BCUT2D eigenvalue weighted by atomic mass is 32.1. The SMILES string of the molecule is Cc1nc(C(C)N2CCCC(C3CCCN3)C2)cs1. The summed E-state index contributed by atoms with van der Waals surface area (Å²) in [6.45, 7) is 8.12. The van der Waals surface area contributed by atoms with Crippen molar-refractivity contribution in [3.8, 4) is 0 Å². The van der Waals surface area contributed by atoms with Gasteiger partial charge in [-0.25, -0.2) is 4.98 Å². The molecule has 0 amide bonds. The lowest BCUT2D eigenvalue weighted by molar-refractivity contribution is 0.113. The second-order valence-corrected chi connectivity index (χ2v) is 7.13. The summed E-state index contributed by atoms with van der Waals surface area (Å²) in [5.74, 6) is 0.846. The molecule has 2 aliphatic rings. The maximum Gasteiger partial charge on any atom is 0.0898 e. The Morgan fingerprint density at radius 1 is 1.42 bits per heavy atom. The van der Waals surface area contributed by atoms with Crippen molar-refractivity contribution in [3.05, 3.63) is 16.1 Å². The lowest BCUT2D eigenvalue weighted by atomic mass is 9.89. The molecule has 3 rings (SSSR count). The van der Waals surface area contributed by atoms with Crippen LogP contribution >= 0.6 is 11.3 Å². The van der Waals surface area contributed by atoms with Crippen LogP contribution in [0.1, 0.15) is 49.4 Å². The summed E-state index contributed by atoms with van der Waals surface area (Å²) in [5, 5.41) is 7.11. The van der Waals surface area contributed by atoms with Crippen LogP contribution in [-0.4, -0.2) is 35.6 Å². The van der Waals surface area contributed by atoms with E-state index in [-0.39, 0.29) is 0 Å². The van der Waals surface area contributed by atoms with Gasteiger partial charge in [-0.15, -0.1) is 11.3 Å². The fourth-order valence-electron chi connectivity index (χ4n) is 3.59. The van der Waals surface area contributed by atoms with Crippen LogP contribution in [0.3, 0.4) is 0 Å². The number of likely N-dealkylation sites (tertiary alicyclic amines) is 1. The Labute approximate surface area is 120 Å². The molecule has 0 saturated carbocycles. The average Bonchev–Trinajstić information content (AvgIpc) is 3.09. The van der Waals surface area contributed by atoms with Crippen LogP contribution in [-0.2, 0) is 0 Å². The van der Waals surface area contributed by atoms with Gasteiger partial charge in [0.2, 0.25) is 0 Å². The van der Waals surface area contributed by atoms with Crippen LogP contribution in [0.25, 0.3) is 0 Å². The summed E-state index contributed by atoms with van der Waals surface area (Å²) in [5.41, 5.74) is 1.27. The van der Waals surface area contributed by atoms with Gasteiger partial charge in [0, 0.05) is 18.0 Å². The average molecular weight is 279 g/mol. The Balaban J connectivity index is 1.64. The van der Waals surface area contributed by atoms with Gasteiger partial charge < -0.3 is 5.32 Å². The minimum Gasteiger partial charge on any atom is -0.314 e. The van der Waals surface area contributed by atoms with Crippen molar-refractivity contribution in [1.29, 1.82) is 0 Å². The Morgan fingerprint density at radius 3 is 3.00 bits per heavy atom. The molecule has 2 fully saturated rings. The van der Waals surface area contributed by atoms with Crippen molar-refractivity contribution in [2.45, 2.75) is 51.6 Å². The summed E-state index contributed by atoms with van der Waals surface area (Å²) in [4.78, 5) is 7.31. The van der Waals surface area contributed by atoms with Gasteiger partial charge in [0.05, 0.1) is 16.7 Å². The zero-order chi connectivity index (χ0) is 13.2. The fourth-order valence-corrected chi connectivity index (χ4v) is 4.29. The number of thiazole rings is 1. The second kappa shape index (κ2) is 5.90. The highest BCUT2D eigenvalue weighted by Gasteiger charge is 2.31. The van der Waals surface area contributed by atoms with E-state index in [1.54, 1.807) is 11.3 Å². The van der Waals surface area contributed by atoms with Gasteiger partial charge in [-0.05, 0) is 58.5 Å². The fraction of sp³-hybridized carbons (Fsp3) is 0.800. The van der Waals surface area contributed by atoms with Gasteiger partial charge in [-0.3, -0.25) is 4.90 Å². The van der Waals surface area contributed by atoms with Crippen LogP contribution in [0.2, 0.25) is 0 Å². The standard InChI is InChI=1S/C15H25N3S/c1-11(15-10-19-12(2)17-15)18-8-4-5-13(9-18)14-6-3-7-16-14/h10-11,13-14,16H,3-9H2,1-2H3. The minimum absolute atomic E-state index is 0.481. The first-order valence-electron chi connectivity index (χ1n) is 7.63. The number of nitrogens with zero attached hydrogens (tertiary/aromatic N) is 2. The molecule has 0 aromatic carbocycles. The summed E-state index contributed by atoms with van der Waals surface area (Å²) in [6, 6.07) is 1.25. The van der Waals surface area contributed by atoms with Crippen LogP contribution < -0.4 is 5.32 Å². The van der Waals surface area contributed by atoms with Crippen LogP contribution in [0, 0.1) is 12.8 Å². The summed E-state index contributed by atoms with van der Waals surface area (Å²) in [7, 11) is 0. The van der Waals surface area contributed by atoms with E-state index in [2.05, 4.69) is 34.4 Å². The monoisotopic (exact) mass is 279 g/mol. The number of aryl methyl sites for hydroxylation is 1. The molecule has 1 aromatic rings. The molecule has 19 heavy (non-hydrogen) atoms. The van der Waals surface area contributed by atoms with Crippen LogP contribution in [0.5, 0.6) is 0 Å². The van der Waals surface area contributed by atoms with Gasteiger partial charge >= 0.3 is 0 Å². The third kappa shape index (κ3) is 3.01. The number of nitrogens with one attached hydrogen (secondary N) is 1. The Hall–Kier alpha value is -0.450. The summed E-state index contributed by atoms with van der Waals surface area (Å²) >= 11 is 1.77. The molecule has 0 aliphatic carbocycles. The molecule has 2 aliphatic heterocycles. The van der Waals surface area contributed by atoms with Crippen molar-refractivity contribution in [3.63, 3.8) is 0 Å². The van der Waals surface area contributed by atoms with E-state index in [4.69, 9.17) is 0 Å². The predicted octanol–water partition coefficient (Wildman–Crippen LogP) is 2.98. The lowest BCUT2D eigenvalue weighted by Gasteiger charge is -2.38. The predicted molar refractivity (Wildman–Crippen MR) is 80.6 cm³/mol. The number of piperidine rings is 1. The number of aromatic nitrogens is 1. The van der Waals surface area contributed by atoms with Crippen molar-refractivity contribution >= 4 is 11.3 Å². The third-order valence-electron chi connectivity index (χ3n) is 4.77. The lowest BCUT2D eigenvalue weighted by Crippen LogP contribution is -2.44. The minimum atomic E-state index is 0.481. The topological polar surface area (TPSA) is 28.2 Å². The Kier molecular flexibility index (Phi) is 4.20. The van der Waals surface area contributed by atoms with Crippen molar-refractivity contribution < 1.29 is 0 Å². The van der Waals surface area contributed by atoms with E-state index < -0.39 is 0 Å². The first-order valence-corrected chi connectivity index (χ1v) is 8.51. The Morgan fingerprint density at radius 2 is 2.32 bits per heavy atom.